The Balaban J connectivity index is 1.54. The van der Waals surface area contributed by atoms with Gasteiger partial charge in [0.2, 0.25) is 5.91 Å². The minimum absolute atomic E-state index is 0.0629. The lowest BCUT2D eigenvalue weighted by Gasteiger charge is -2.26. The van der Waals surface area contributed by atoms with E-state index in [0.29, 0.717) is 17.9 Å². The maximum Gasteiger partial charge on any atom is 0.253 e. The number of anilines is 1. The van der Waals surface area contributed by atoms with Crippen molar-refractivity contribution in [2.75, 3.05) is 25.0 Å². The van der Waals surface area contributed by atoms with Crippen LogP contribution >= 0.6 is 0 Å². The standard InChI is InChI=1S/C23H26N2O3/c1-2-28-21-13-6-18(7-14-21)8-15-22(26)24-20-11-9-19(10-12-20)23(27)25-16-4-3-5-17-25/h6-15H,2-5,16-17H2,1H3,(H,24,26)/b15-8+. The van der Waals surface area contributed by atoms with Crippen molar-refractivity contribution in [3.05, 3.63) is 65.7 Å². The highest BCUT2D eigenvalue weighted by atomic mass is 16.5. The fourth-order valence-corrected chi connectivity index (χ4v) is 3.17. The van der Waals surface area contributed by atoms with Gasteiger partial charge < -0.3 is 15.0 Å². The molecule has 0 aliphatic carbocycles. The van der Waals surface area contributed by atoms with E-state index >= 15 is 0 Å². The molecule has 1 fully saturated rings. The highest BCUT2D eigenvalue weighted by molar-refractivity contribution is 6.02. The number of hydrogen-bond acceptors (Lipinski definition) is 3. The van der Waals surface area contributed by atoms with Crippen LogP contribution in [0.25, 0.3) is 6.08 Å². The van der Waals surface area contributed by atoms with Crippen LogP contribution < -0.4 is 10.1 Å². The SMILES string of the molecule is CCOc1ccc(/C=C/C(=O)Nc2ccc(C(=O)N3CCCCC3)cc2)cc1. The quantitative estimate of drug-likeness (QED) is 0.760. The smallest absolute Gasteiger partial charge is 0.253 e. The van der Waals surface area contributed by atoms with Crippen molar-refractivity contribution >= 4 is 23.6 Å². The number of carbonyl (C=O) groups excluding carboxylic acids is 2. The van der Waals surface area contributed by atoms with Gasteiger partial charge in [-0.1, -0.05) is 12.1 Å². The van der Waals surface area contributed by atoms with Gasteiger partial charge in [0.15, 0.2) is 0 Å². The molecule has 1 aliphatic heterocycles. The van der Waals surface area contributed by atoms with E-state index in [9.17, 15) is 9.59 Å². The second-order valence-corrected chi connectivity index (χ2v) is 6.75. The Hall–Kier alpha value is -3.08. The number of likely N-dealkylation sites (tertiary alicyclic amines) is 1. The molecular weight excluding hydrogens is 352 g/mol. The summed E-state index contributed by atoms with van der Waals surface area (Å²) in [5, 5.41) is 2.81. The van der Waals surface area contributed by atoms with Gasteiger partial charge in [-0.05, 0) is 74.2 Å². The van der Waals surface area contributed by atoms with Gasteiger partial charge in [-0.15, -0.1) is 0 Å². The van der Waals surface area contributed by atoms with E-state index in [-0.39, 0.29) is 11.8 Å². The van der Waals surface area contributed by atoms with Gasteiger partial charge in [-0.3, -0.25) is 9.59 Å². The molecule has 3 rings (SSSR count). The van der Waals surface area contributed by atoms with Crippen LogP contribution in [0.2, 0.25) is 0 Å². The van der Waals surface area contributed by atoms with Crippen LogP contribution in [0.3, 0.4) is 0 Å². The summed E-state index contributed by atoms with van der Waals surface area (Å²) in [5.74, 6) is 0.653. The summed E-state index contributed by atoms with van der Waals surface area (Å²) in [4.78, 5) is 26.5. The molecule has 2 amide bonds. The predicted octanol–water partition coefficient (Wildman–Crippen LogP) is 4.36. The number of nitrogens with zero attached hydrogens (tertiary/aromatic N) is 1. The molecule has 146 valence electrons. The van der Waals surface area contributed by atoms with Crippen molar-refractivity contribution in [3.8, 4) is 5.75 Å². The largest absolute Gasteiger partial charge is 0.494 e. The van der Waals surface area contributed by atoms with E-state index in [0.717, 1.165) is 37.2 Å². The topological polar surface area (TPSA) is 58.6 Å². The Labute approximate surface area is 166 Å². The molecule has 1 aliphatic rings. The third-order valence-electron chi connectivity index (χ3n) is 4.66. The Kier molecular flexibility index (Phi) is 6.84. The number of hydrogen-bond donors (Lipinski definition) is 1. The summed E-state index contributed by atoms with van der Waals surface area (Å²) in [6.45, 7) is 4.22. The van der Waals surface area contributed by atoms with Gasteiger partial charge in [0, 0.05) is 30.4 Å². The lowest BCUT2D eigenvalue weighted by molar-refractivity contribution is -0.111. The monoisotopic (exact) mass is 378 g/mol. The summed E-state index contributed by atoms with van der Waals surface area (Å²) in [6, 6.07) is 14.6. The Morgan fingerprint density at radius 2 is 1.68 bits per heavy atom. The van der Waals surface area contributed by atoms with Crippen molar-refractivity contribution in [3.63, 3.8) is 0 Å². The maximum atomic E-state index is 12.5. The molecule has 28 heavy (non-hydrogen) atoms. The van der Waals surface area contributed by atoms with E-state index in [1.54, 1.807) is 30.3 Å². The number of carbonyl (C=O) groups is 2. The molecule has 0 spiro atoms. The zero-order valence-electron chi connectivity index (χ0n) is 16.2. The van der Waals surface area contributed by atoms with Crippen LogP contribution in [-0.4, -0.2) is 36.4 Å². The van der Waals surface area contributed by atoms with Gasteiger partial charge in [-0.2, -0.15) is 0 Å². The van der Waals surface area contributed by atoms with E-state index in [4.69, 9.17) is 4.74 Å². The molecule has 1 N–H and O–H groups in total. The number of ether oxygens (including phenoxy) is 1. The summed E-state index contributed by atoms with van der Waals surface area (Å²) in [7, 11) is 0. The van der Waals surface area contributed by atoms with Crippen LogP contribution in [0.4, 0.5) is 5.69 Å². The molecule has 0 bridgehead atoms. The van der Waals surface area contributed by atoms with Gasteiger partial charge >= 0.3 is 0 Å². The van der Waals surface area contributed by atoms with E-state index in [2.05, 4.69) is 5.32 Å². The van der Waals surface area contributed by atoms with Crippen molar-refractivity contribution in [1.82, 2.24) is 4.90 Å². The maximum absolute atomic E-state index is 12.5. The highest BCUT2D eigenvalue weighted by Gasteiger charge is 2.17. The minimum Gasteiger partial charge on any atom is -0.494 e. The third kappa shape index (κ3) is 5.46. The average Bonchev–Trinajstić information content (AvgIpc) is 2.74. The Morgan fingerprint density at radius 1 is 1.00 bits per heavy atom. The molecule has 5 heteroatoms. The molecule has 0 radical (unpaired) electrons. The number of benzene rings is 2. The first kappa shape index (κ1) is 19.7. The zero-order chi connectivity index (χ0) is 19.8. The van der Waals surface area contributed by atoms with Gasteiger partial charge in [0.1, 0.15) is 5.75 Å². The molecule has 0 unspecified atom stereocenters. The van der Waals surface area contributed by atoms with Gasteiger partial charge in [0.25, 0.3) is 5.91 Å². The molecule has 2 aromatic rings. The molecule has 0 aromatic heterocycles. The van der Waals surface area contributed by atoms with E-state index in [1.165, 1.54) is 12.5 Å². The molecule has 1 heterocycles. The lowest BCUT2D eigenvalue weighted by Crippen LogP contribution is -2.35. The van der Waals surface area contributed by atoms with Crippen molar-refractivity contribution in [2.24, 2.45) is 0 Å². The van der Waals surface area contributed by atoms with Crippen LogP contribution in [0.1, 0.15) is 42.1 Å². The van der Waals surface area contributed by atoms with Crippen molar-refractivity contribution in [1.29, 1.82) is 0 Å². The lowest BCUT2D eigenvalue weighted by atomic mass is 10.1. The number of amides is 2. The first-order chi connectivity index (χ1) is 13.7. The predicted molar refractivity (Wildman–Crippen MR) is 111 cm³/mol. The van der Waals surface area contributed by atoms with E-state index in [1.807, 2.05) is 36.1 Å². The molecule has 0 saturated carbocycles. The molecule has 2 aromatic carbocycles. The van der Waals surface area contributed by atoms with Crippen molar-refractivity contribution in [2.45, 2.75) is 26.2 Å². The number of piperidine rings is 1. The van der Waals surface area contributed by atoms with Crippen LogP contribution in [0.5, 0.6) is 5.75 Å². The fraction of sp³-hybridized carbons (Fsp3) is 0.304. The molecule has 1 saturated heterocycles. The van der Waals surface area contributed by atoms with E-state index < -0.39 is 0 Å². The summed E-state index contributed by atoms with van der Waals surface area (Å²) >= 11 is 0. The first-order valence-corrected chi connectivity index (χ1v) is 9.77. The molecule has 0 atom stereocenters. The highest BCUT2D eigenvalue weighted by Crippen LogP contribution is 2.16. The normalized spacial score (nSPS) is 14.1. The van der Waals surface area contributed by atoms with Crippen LogP contribution in [-0.2, 0) is 4.79 Å². The van der Waals surface area contributed by atoms with Crippen LogP contribution in [0.15, 0.2) is 54.6 Å². The second-order valence-electron chi connectivity index (χ2n) is 6.75. The summed E-state index contributed by atoms with van der Waals surface area (Å²) in [6.07, 6.45) is 6.57. The van der Waals surface area contributed by atoms with Gasteiger partial charge in [-0.25, -0.2) is 0 Å². The van der Waals surface area contributed by atoms with Crippen LogP contribution in [0, 0.1) is 0 Å². The Morgan fingerprint density at radius 3 is 2.32 bits per heavy atom. The minimum atomic E-state index is -0.219. The number of nitrogens with one attached hydrogen (secondary N) is 1. The molecular formula is C23H26N2O3. The molecule has 5 nitrogen and oxygen atoms in total. The summed E-state index contributed by atoms with van der Waals surface area (Å²) < 4.78 is 5.40. The number of rotatable bonds is 6. The Bertz CT molecular complexity index is 820. The second kappa shape index (κ2) is 9.74. The fourth-order valence-electron chi connectivity index (χ4n) is 3.17. The third-order valence-corrected chi connectivity index (χ3v) is 4.66. The average molecular weight is 378 g/mol. The van der Waals surface area contributed by atoms with Gasteiger partial charge in [0.05, 0.1) is 6.61 Å². The first-order valence-electron chi connectivity index (χ1n) is 9.77. The zero-order valence-corrected chi connectivity index (χ0v) is 16.2. The summed E-state index contributed by atoms with van der Waals surface area (Å²) in [5.41, 5.74) is 2.24. The van der Waals surface area contributed by atoms with Crippen molar-refractivity contribution < 1.29 is 14.3 Å².